The first kappa shape index (κ1) is 18.9. The molecule has 5 aromatic rings. The number of ether oxygens (including phenoxy) is 1. The topological polar surface area (TPSA) is 22.4 Å². The smallest absolute Gasteiger partial charge is 0.138 e. The fourth-order valence-corrected chi connectivity index (χ4v) is 4.78. The Morgan fingerprint density at radius 2 is 1.56 bits per heavy atom. The van der Waals surface area contributed by atoms with E-state index in [0.717, 1.165) is 35.5 Å². The highest BCUT2D eigenvalue weighted by Gasteiger charge is 2.22. The van der Waals surface area contributed by atoms with Crippen molar-refractivity contribution >= 4 is 11.0 Å². The molecule has 0 bridgehead atoms. The van der Waals surface area contributed by atoms with Gasteiger partial charge in [0.2, 0.25) is 0 Å². The fraction of sp³-hybridized carbons (Fsp3) is 0.133. The molecule has 0 fully saturated rings. The van der Waals surface area contributed by atoms with Crippen LogP contribution in [0.1, 0.15) is 28.2 Å². The Hall–Kier alpha value is -3.78. The van der Waals surface area contributed by atoms with Crippen LogP contribution in [0.15, 0.2) is 108 Å². The van der Waals surface area contributed by atoms with Crippen molar-refractivity contribution in [2.75, 3.05) is 6.61 Å². The summed E-state index contributed by atoms with van der Waals surface area (Å²) in [5, 5.41) is 1.19. The molecule has 1 unspecified atom stereocenters. The Balaban J connectivity index is 1.40. The Bertz CT molecular complexity index is 1380. The molecule has 4 aromatic carbocycles. The number of hydrogen-bond acceptors (Lipinski definition) is 2. The van der Waals surface area contributed by atoms with Gasteiger partial charge in [-0.15, -0.1) is 0 Å². The van der Waals surface area contributed by atoms with Gasteiger partial charge in [0.1, 0.15) is 17.1 Å². The number of hydrogen-bond donors (Lipinski definition) is 0. The average Bonchev–Trinajstić information content (AvgIpc) is 3.23. The van der Waals surface area contributed by atoms with Crippen LogP contribution in [0.25, 0.3) is 22.3 Å². The normalized spacial score (nSPS) is 15.3. The van der Waals surface area contributed by atoms with Gasteiger partial charge in [-0.2, -0.15) is 0 Å². The van der Waals surface area contributed by atoms with Crippen molar-refractivity contribution in [1.29, 1.82) is 0 Å². The van der Waals surface area contributed by atoms with Gasteiger partial charge in [-0.05, 0) is 41.3 Å². The molecule has 1 aliphatic heterocycles. The first-order valence-corrected chi connectivity index (χ1v) is 11.2. The van der Waals surface area contributed by atoms with E-state index in [0.29, 0.717) is 12.5 Å². The molecule has 0 radical (unpaired) electrons. The van der Waals surface area contributed by atoms with Gasteiger partial charge in [-0.25, -0.2) is 0 Å². The maximum atomic E-state index is 6.42. The molecule has 0 N–H and O–H groups in total. The Morgan fingerprint density at radius 3 is 2.50 bits per heavy atom. The molecule has 0 saturated carbocycles. The van der Waals surface area contributed by atoms with Gasteiger partial charge in [0.25, 0.3) is 0 Å². The third-order valence-electron chi connectivity index (χ3n) is 6.42. The molecular formula is C30H24O2. The predicted molar refractivity (Wildman–Crippen MR) is 129 cm³/mol. The van der Waals surface area contributed by atoms with Gasteiger partial charge in [-0.1, -0.05) is 84.9 Å². The van der Waals surface area contributed by atoms with E-state index in [1.165, 1.54) is 27.6 Å². The van der Waals surface area contributed by atoms with Crippen LogP contribution in [-0.4, -0.2) is 6.61 Å². The molecule has 1 aromatic heterocycles. The summed E-state index contributed by atoms with van der Waals surface area (Å²) in [5.74, 6) is 2.32. The van der Waals surface area contributed by atoms with Crippen LogP contribution in [0.2, 0.25) is 0 Å². The van der Waals surface area contributed by atoms with Crippen LogP contribution in [0.4, 0.5) is 0 Å². The lowest BCUT2D eigenvalue weighted by Crippen LogP contribution is -2.19. The van der Waals surface area contributed by atoms with Crippen LogP contribution in [-0.2, 0) is 12.8 Å². The molecule has 2 nitrogen and oxygen atoms in total. The van der Waals surface area contributed by atoms with Crippen LogP contribution >= 0.6 is 0 Å². The standard InChI is InChI=1S/C30H24O2/c1-2-9-21(10-3-1)17-27-26-14-5-7-16-29(26)32-30(27)24-13-8-12-22(18-24)25-19-23-11-4-6-15-28(23)31-20-25/h1-16,18,25H,17,19-20H2. The van der Waals surface area contributed by atoms with Crippen molar-refractivity contribution in [2.45, 2.75) is 18.8 Å². The maximum absolute atomic E-state index is 6.42. The molecule has 1 aliphatic rings. The Labute approximate surface area is 188 Å². The molecule has 1 atom stereocenters. The second-order valence-corrected chi connectivity index (χ2v) is 8.51. The lowest BCUT2D eigenvalue weighted by Gasteiger charge is -2.25. The minimum atomic E-state index is 0.340. The Morgan fingerprint density at radius 1 is 0.750 bits per heavy atom. The predicted octanol–water partition coefficient (Wildman–Crippen LogP) is 7.41. The number of para-hydroxylation sites is 2. The highest BCUT2D eigenvalue weighted by atomic mass is 16.5. The summed E-state index contributed by atoms with van der Waals surface area (Å²) in [6, 6.07) is 36.1. The highest BCUT2D eigenvalue weighted by molar-refractivity contribution is 5.88. The van der Waals surface area contributed by atoms with E-state index in [1.54, 1.807) is 0 Å². The first-order chi connectivity index (χ1) is 15.8. The third-order valence-corrected chi connectivity index (χ3v) is 6.42. The lowest BCUT2D eigenvalue weighted by atomic mass is 9.89. The van der Waals surface area contributed by atoms with Gasteiger partial charge >= 0.3 is 0 Å². The van der Waals surface area contributed by atoms with E-state index in [-0.39, 0.29) is 0 Å². The van der Waals surface area contributed by atoms with Gasteiger partial charge in [0.05, 0.1) is 6.61 Å². The van der Waals surface area contributed by atoms with Gasteiger partial charge in [-0.3, -0.25) is 0 Å². The fourth-order valence-electron chi connectivity index (χ4n) is 4.78. The van der Waals surface area contributed by atoms with E-state index in [1.807, 2.05) is 12.1 Å². The molecule has 156 valence electrons. The van der Waals surface area contributed by atoms with Crippen LogP contribution in [0, 0.1) is 0 Å². The van der Waals surface area contributed by atoms with E-state index >= 15 is 0 Å². The molecule has 32 heavy (non-hydrogen) atoms. The zero-order valence-electron chi connectivity index (χ0n) is 17.8. The molecular weight excluding hydrogens is 392 g/mol. The maximum Gasteiger partial charge on any atom is 0.138 e. The van der Waals surface area contributed by atoms with Crippen molar-refractivity contribution in [3.05, 3.63) is 125 Å². The largest absolute Gasteiger partial charge is 0.493 e. The monoisotopic (exact) mass is 416 g/mol. The third kappa shape index (κ3) is 3.48. The van der Waals surface area contributed by atoms with Crippen LogP contribution in [0.3, 0.4) is 0 Å². The zero-order valence-corrected chi connectivity index (χ0v) is 17.8. The average molecular weight is 417 g/mol. The molecule has 0 spiro atoms. The second-order valence-electron chi connectivity index (χ2n) is 8.51. The minimum Gasteiger partial charge on any atom is -0.493 e. The van der Waals surface area contributed by atoms with E-state index < -0.39 is 0 Å². The Kier molecular flexibility index (Phi) is 4.77. The van der Waals surface area contributed by atoms with Gasteiger partial charge in [0.15, 0.2) is 0 Å². The number of furan rings is 1. The van der Waals surface area contributed by atoms with Crippen molar-refractivity contribution in [3.63, 3.8) is 0 Å². The summed E-state index contributed by atoms with van der Waals surface area (Å²) in [6.45, 7) is 0.706. The first-order valence-electron chi connectivity index (χ1n) is 11.2. The highest BCUT2D eigenvalue weighted by Crippen LogP contribution is 2.38. The quantitative estimate of drug-likeness (QED) is 0.304. The molecule has 0 saturated heterocycles. The minimum absolute atomic E-state index is 0.340. The van der Waals surface area contributed by atoms with E-state index in [4.69, 9.17) is 9.15 Å². The number of fused-ring (bicyclic) bond motifs is 2. The summed E-state index contributed by atoms with van der Waals surface area (Å²) < 4.78 is 12.5. The molecule has 2 heterocycles. The lowest BCUT2D eigenvalue weighted by molar-refractivity contribution is 0.262. The summed E-state index contributed by atoms with van der Waals surface area (Å²) in [7, 11) is 0. The zero-order chi connectivity index (χ0) is 21.3. The van der Waals surface area contributed by atoms with Crippen molar-refractivity contribution in [2.24, 2.45) is 0 Å². The van der Waals surface area contributed by atoms with Gasteiger partial charge in [0, 0.05) is 28.9 Å². The second kappa shape index (κ2) is 8.05. The number of rotatable bonds is 4. The molecule has 2 heteroatoms. The summed E-state index contributed by atoms with van der Waals surface area (Å²) in [4.78, 5) is 0. The van der Waals surface area contributed by atoms with Crippen molar-refractivity contribution in [3.8, 4) is 17.1 Å². The van der Waals surface area contributed by atoms with Crippen molar-refractivity contribution < 1.29 is 9.15 Å². The van der Waals surface area contributed by atoms with E-state index in [9.17, 15) is 0 Å². The summed E-state index contributed by atoms with van der Waals surface area (Å²) in [5.41, 5.74) is 7.17. The molecule has 0 amide bonds. The summed E-state index contributed by atoms with van der Waals surface area (Å²) in [6.07, 6.45) is 1.84. The summed E-state index contributed by atoms with van der Waals surface area (Å²) >= 11 is 0. The van der Waals surface area contributed by atoms with Crippen LogP contribution in [0.5, 0.6) is 5.75 Å². The van der Waals surface area contributed by atoms with E-state index in [2.05, 4.69) is 91.0 Å². The molecule has 6 rings (SSSR count). The SMILES string of the molecule is c1ccc(Cc2c(-c3cccc(C4COc5ccccc5C4)c3)oc3ccccc23)cc1. The van der Waals surface area contributed by atoms with Crippen LogP contribution < -0.4 is 4.74 Å². The van der Waals surface area contributed by atoms with Gasteiger partial charge < -0.3 is 9.15 Å². The molecule has 0 aliphatic carbocycles. The van der Waals surface area contributed by atoms with Crippen molar-refractivity contribution in [1.82, 2.24) is 0 Å². The number of benzene rings is 4.